The zero-order chi connectivity index (χ0) is 19.9. The molecule has 1 aliphatic heterocycles. The molecule has 3 rings (SSSR count). The topological polar surface area (TPSA) is 96.5 Å². The fraction of sp³-hybridized carbons (Fsp3) is 0.286. The van der Waals surface area contributed by atoms with E-state index in [9.17, 15) is 14.4 Å². The average Bonchev–Trinajstić information content (AvgIpc) is 2.69. The minimum Gasteiger partial charge on any atom is -0.489 e. The van der Waals surface area contributed by atoms with Gasteiger partial charge in [-0.15, -0.1) is 0 Å². The van der Waals surface area contributed by atoms with Crippen LogP contribution in [0.15, 0.2) is 54.6 Å². The summed E-state index contributed by atoms with van der Waals surface area (Å²) in [5, 5.41) is 7.59. The molecule has 0 bridgehead atoms. The Hall–Kier alpha value is -3.35. The Morgan fingerprint density at radius 3 is 2.43 bits per heavy atom. The van der Waals surface area contributed by atoms with Crippen LogP contribution in [-0.2, 0) is 22.7 Å². The summed E-state index contributed by atoms with van der Waals surface area (Å²) < 4.78 is 5.74. The third-order valence-corrected chi connectivity index (χ3v) is 4.60. The molecule has 2 atom stereocenters. The number of hydrogen-bond acceptors (Lipinski definition) is 4. The van der Waals surface area contributed by atoms with Crippen molar-refractivity contribution in [1.29, 1.82) is 0 Å². The summed E-state index contributed by atoms with van der Waals surface area (Å²) in [4.78, 5) is 35.2. The van der Waals surface area contributed by atoms with E-state index in [0.717, 1.165) is 16.9 Å². The van der Waals surface area contributed by atoms with Gasteiger partial charge in [0.05, 0.1) is 5.92 Å². The molecule has 2 unspecified atom stereocenters. The summed E-state index contributed by atoms with van der Waals surface area (Å²) >= 11 is 0. The first-order valence-electron chi connectivity index (χ1n) is 9.15. The highest BCUT2D eigenvalue weighted by atomic mass is 16.5. The van der Waals surface area contributed by atoms with Gasteiger partial charge in [0.1, 0.15) is 12.4 Å². The van der Waals surface area contributed by atoms with Crippen molar-refractivity contribution in [3.8, 4) is 5.75 Å². The van der Waals surface area contributed by atoms with E-state index in [1.807, 2.05) is 54.6 Å². The smallest absolute Gasteiger partial charge is 0.321 e. The molecule has 7 heteroatoms. The number of carbonyl (C=O) groups excluding carboxylic acids is 3. The SMILES string of the molecule is CC1NC(=O)NC(=O)C1CC(=O)NCc1ccc(OCc2ccccc2)cc1. The van der Waals surface area contributed by atoms with Crippen LogP contribution in [0.3, 0.4) is 0 Å². The van der Waals surface area contributed by atoms with Gasteiger partial charge in [-0.3, -0.25) is 14.9 Å². The van der Waals surface area contributed by atoms with E-state index < -0.39 is 17.9 Å². The Bertz CT molecular complexity index is 836. The van der Waals surface area contributed by atoms with Gasteiger partial charge in [0.2, 0.25) is 11.8 Å². The molecule has 1 heterocycles. The van der Waals surface area contributed by atoms with Crippen molar-refractivity contribution in [2.45, 2.75) is 32.5 Å². The molecule has 3 N–H and O–H groups in total. The third kappa shape index (κ3) is 5.33. The molecule has 1 saturated heterocycles. The molecule has 0 aliphatic carbocycles. The van der Waals surface area contributed by atoms with Crippen molar-refractivity contribution in [3.63, 3.8) is 0 Å². The Morgan fingerprint density at radius 1 is 1.04 bits per heavy atom. The Kier molecular flexibility index (Phi) is 6.26. The first kappa shape index (κ1) is 19.4. The van der Waals surface area contributed by atoms with E-state index in [4.69, 9.17) is 4.74 Å². The molecule has 0 spiro atoms. The molecule has 2 aromatic rings. The Balaban J connectivity index is 1.44. The number of nitrogens with one attached hydrogen (secondary N) is 3. The molecular formula is C21H23N3O4. The van der Waals surface area contributed by atoms with Crippen LogP contribution in [0.4, 0.5) is 4.79 Å². The summed E-state index contributed by atoms with van der Waals surface area (Å²) in [6, 6.07) is 16.5. The number of carbonyl (C=O) groups is 3. The summed E-state index contributed by atoms with van der Waals surface area (Å²) in [6.45, 7) is 2.56. The molecular weight excluding hydrogens is 358 g/mol. The van der Waals surface area contributed by atoms with Crippen molar-refractivity contribution in [2.24, 2.45) is 5.92 Å². The second kappa shape index (κ2) is 9.03. The predicted molar refractivity (Wildman–Crippen MR) is 103 cm³/mol. The summed E-state index contributed by atoms with van der Waals surface area (Å²) in [5.74, 6) is -0.493. The standard InChI is InChI=1S/C21H23N3O4/c1-14-18(20(26)24-21(27)23-14)11-19(25)22-12-15-7-9-17(10-8-15)28-13-16-5-3-2-4-6-16/h2-10,14,18H,11-13H2,1H3,(H,22,25)(H2,23,24,26,27). The van der Waals surface area contributed by atoms with Gasteiger partial charge in [0.15, 0.2) is 0 Å². The van der Waals surface area contributed by atoms with Crippen molar-refractivity contribution >= 4 is 17.8 Å². The number of rotatable bonds is 7. The Labute approximate surface area is 163 Å². The maximum Gasteiger partial charge on any atom is 0.321 e. The second-order valence-corrected chi connectivity index (χ2v) is 6.76. The van der Waals surface area contributed by atoms with Crippen molar-refractivity contribution < 1.29 is 19.1 Å². The number of amides is 4. The molecule has 2 aromatic carbocycles. The quantitative estimate of drug-likeness (QED) is 0.684. The highest BCUT2D eigenvalue weighted by Gasteiger charge is 2.33. The fourth-order valence-corrected chi connectivity index (χ4v) is 2.96. The summed E-state index contributed by atoms with van der Waals surface area (Å²) in [6.07, 6.45) is 0.0194. The lowest BCUT2D eigenvalue weighted by molar-refractivity contribution is -0.131. The first-order valence-corrected chi connectivity index (χ1v) is 9.15. The van der Waals surface area contributed by atoms with Crippen LogP contribution in [-0.4, -0.2) is 23.9 Å². The van der Waals surface area contributed by atoms with Crippen LogP contribution in [0.2, 0.25) is 0 Å². The second-order valence-electron chi connectivity index (χ2n) is 6.76. The average molecular weight is 381 g/mol. The zero-order valence-corrected chi connectivity index (χ0v) is 15.6. The number of urea groups is 1. The lowest BCUT2D eigenvalue weighted by Crippen LogP contribution is -2.57. The van der Waals surface area contributed by atoms with E-state index >= 15 is 0 Å². The lowest BCUT2D eigenvalue weighted by Gasteiger charge is -2.28. The Morgan fingerprint density at radius 2 is 1.75 bits per heavy atom. The first-order chi connectivity index (χ1) is 13.5. The van der Waals surface area contributed by atoms with Crippen LogP contribution in [0.5, 0.6) is 5.75 Å². The number of imide groups is 1. The highest BCUT2D eigenvalue weighted by Crippen LogP contribution is 2.15. The predicted octanol–water partition coefficient (Wildman–Crippen LogP) is 2.12. The molecule has 4 amide bonds. The van der Waals surface area contributed by atoms with E-state index in [2.05, 4.69) is 16.0 Å². The monoisotopic (exact) mass is 381 g/mol. The maximum absolute atomic E-state index is 12.2. The molecule has 0 aromatic heterocycles. The van der Waals surface area contributed by atoms with Crippen molar-refractivity contribution in [3.05, 3.63) is 65.7 Å². The van der Waals surface area contributed by atoms with E-state index in [1.165, 1.54) is 0 Å². The van der Waals surface area contributed by atoms with Crippen LogP contribution < -0.4 is 20.7 Å². The largest absolute Gasteiger partial charge is 0.489 e. The van der Waals surface area contributed by atoms with E-state index in [0.29, 0.717) is 13.2 Å². The van der Waals surface area contributed by atoms with Crippen LogP contribution in [0.25, 0.3) is 0 Å². The molecule has 28 heavy (non-hydrogen) atoms. The molecule has 1 aliphatic rings. The molecule has 146 valence electrons. The van der Waals surface area contributed by atoms with Gasteiger partial charge in [-0.2, -0.15) is 0 Å². The van der Waals surface area contributed by atoms with Gasteiger partial charge in [0, 0.05) is 19.0 Å². The normalized spacial score (nSPS) is 18.8. The number of ether oxygens (including phenoxy) is 1. The minimum atomic E-state index is -0.577. The van der Waals surface area contributed by atoms with Gasteiger partial charge in [-0.1, -0.05) is 42.5 Å². The third-order valence-electron chi connectivity index (χ3n) is 4.60. The van der Waals surface area contributed by atoms with E-state index in [-0.39, 0.29) is 18.4 Å². The van der Waals surface area contributed by atoms with Gasteiger partial charge in [-0.25, -0.2) is 4.79 Å². The summed E-state index contributed by atoms with van der Waals surface area (Å²) in [7, 11) is 0. The number of hydrogen-bond donors (Lipinski definition) is 3. The lowest BCUT2D eigenvalue weighted by atomic mass is 9.94. The molecule has 7 nitrogen and oxygen atoms in total. The summed E-state index contributed by atoms with van der Waals surface area (Å²) in [5.41, 5.74) is 2.02. The zero-order valence-electron chi connectivity index (χ0n) is 15.6. The van der Waals surface area contributed by atoms with Crippen LogP contribution in [0, 0.1) is 5.92 Å². The van der Waals surface area contributed by atoms with Crippen molar-refractivity contribution in [2.75, 3.05) is 0 Å². The van der Waals surface area contributed by atoms with Crippen LogP contribution >= 0.6 is 0 Å². The van der Waals surface area contributed by atoms with Crippen LogP contribution in [0.1, 0.15) is 24.5 Å². The fourth-order valence-electron chi connectivity index (χ4n) is 2.96. The molecule has 1 fully saturated rings. The minimum absolute atomic E-state index is 0.0194. The maximum atomic E-state index is 12.2. The van der Waals surface area contributed by atoms with Gasteiger partial charge < -0.3 is 15.4 Å². The van der Waals surface area contributed by atoms with Crippen molar-refractivity contribution in [1.82, 2.24) is 16.0 Å². The highest BCUT2D eigenvalue weighted by molar-refractivity contribution is 6.00. The van der Waals surface area contributed by atoms with Gasteiger partial charge in [0.25, 0.3) is 0 Å². The van der Waals surface area contributed by atoms with Gasteiger partial charge in [-0.05, 0) is 30.2 Å². The van der Waals surface area contributed by atoms with E-state index in [1.54, 1.807) is 6.92 Å². The molecule has 0 saturated carbocycles. The van der Waals surface area contributed by atoms with Gasteiger partial charge >= 0.3 is 6.03 Å². The number of benzene rings is 2. The molecule has 0 radical (unpaired) electrons.